The Labute approximate surface area is 112 Å². The lowest BCUT2D eigenvalue weighted by atomic mass is 9.79. The van der Waals surface area contributed by atoms with Crippen LogP contribution in [0.5, 0.6) is 0 Å². The van der Waals surface area contributed by atoms with Gasteiger partial charge in [0.2, 0.25) is 0 Å². The van der Waals surface area contributed by atoms with Gasteiger partial charge in [-0.05, 0) is 63.0 Å². The van der Waals surface area contributed by atoms with Gasteiger partial charge in [0.1, 0.15) is 0 Å². The summed E-state index contributed by atoms with van der Waals surface area (Å²) in [7, 11) is 0. The highest BCUT2D eigenvalue weighted by atomic mass is 32.2. The van der Waals surface area contributed by atoms with Gasteiger partial charge in [0.05, 0.1) is 0 Å². The van der Waals surface area contributed by atoms with Gasteiger partial charge in [-0.25, -0.2) is 0 Å². The average Bonchev–Trinajstić information content (AvgIpc) is 2.28. The predicted molar refractivity (Wildman–Crippen MR) is 78.7 cm³/mol. The first-order valence-corrected chi connectivity index (χ1v) is 8.75. The maximum absolute atomic E-state index is 3.95. The quantitative estimate of drug-likeness (QED) is 0.815. The van der Waals surface area contributed by atoms with Crippen molar-refractivity contribution in [3.8, 4) is 0 Å². The number of rotatable bonds is 3. The zero-order valence-electron chi connectivity index (χ0n) is 11.7. The molecule has 2 heteroatoms. The van der Waals surface area contributed by atoms with Gasteiger partial charge in [-0.15, -0.1) is 0 Å². The SMILES string of the molecule is CSC1CCC(NC2CC(C)CC(C)C2)CC1. The summed E-state index contributed by atoms with van der Waals surface area (Å²) in [4.78, 5) is 0. The number of nitrogens with one attached hydrogen (secondary N) is 1. The van der Waals surface area contributed by atoms with Gasteiger partial charge in [-0.2, -0.15) is 11.8 Å². The first-order valence-electron chi connectivity index (χ1n) is 7.46. The molecule has 1 nitrogen and oxygen atoms in total. The largest absolute Gasteiger partial charge is 0.311 e. The zero-order chi connectivity index (χ0) is 12.3. The molecule has 2 aliphatic carbocycles. The van der Waals surface area contributed by atoms with E-state index in [0.29, 0.717) is 0 Å². The summed E-state index contributed by atoms with van der Waals surface area (Å²) in [6.07, 6.45) is 12.2. The van der Waals surface area contributed by atoms with Crippen LogP contribution >= 0.6 is 11.8 Å². The third-order valence-electron chi connectivity index (χ3n) is 4.66. The van der Waals surface area contributed by atoms with Crippen LogP contribution in [-0.2, 0) is 0 Å². The predicted octanol–water partition coefficient (Wildman–Crippen LogP) is 4.07. The molecule has 0 spiro atoms. The fourth-order valence-electron chi connectivity index (χ4n) is 3.88. The van der Waals surface area contributed by atoms with Gasteiger partial charge in [0.25, 0.3) is 0 Å². The summed E-state index contributed by atoms with van der Waals surface area (Å²) in [6, 6.07) is 1.63. The van der Waals surface area contributed by atoms with Crippen molar-refractivity contribution in [1.82, 2.24) is 5.32 Å². The lowest BCUT2D eigenvalue weighted by Gasteiger charge is -2.37. The Morgan fingerprint density at radius 2 is 1.41 bits per heavy atom. The molecule has 0 aromatic heterocycles. The van der Waals surface area contributed by atoms with E-state index in [4.69, 9.17) is 0 Å². The summed E-state index contributed by atoms with van der Waals surface area (Å²) in [5, 5.41) is 4.90. The second kappa shape index (κ2) is 6.47. The maximum atomic E-state index is 3.95. The Hall–Kier alpha value is 0.310. The van der Waals surface area contributed by atoms with Crippen LogP contribution in [0.2, 0.25) is 0 Å². The van der Waals surface area contributed by atoms with Gasteiger partial charge < -0.3 is 5.32 Å². The number of hydrogen-bond acceptors (Lipinski definition) is 2. The van der Waals surface area contributed by atoms with E-state index < -0.39 is 0 Å². The Morgan fingerprint density at radius 3 is 1.94 bits per heavy atom. The summed E-state index contributed by atoms with van der Waals surface area (Å²) >= 11 is 2.07. The molecule has 0 bridgehead atoms. The van der Waals surface area contributed by atoms with E-state index in [1.165, 1.54) is 44.9 Å². The van der Waals surface area contributed by atoms with Crippen molar-refractivity contribution in [3.05, 3.63) is 0 Å². The molecule has 2 aliphatic rings. The standard InChI is InChI=1S/C15H29NS/c1-11-8-12(2)10-14(9-11)16-13-4-6-15(17-3)7-5-13/h11-16H,4-10H2,1-3H3. The van der Waals surface area contributed by atoms with Crippen LogP contribution in [0.25, 0.3) is 0 Å². The van der Waals surface area contributed by atoms with Crippen LogP contribution in [-0.4, -0.2) is 23.6 Å². The highest BCUT2D eigenvalue weighted by Gasteiger charge is 2.27. The molecule has 2 rings (SSSR count). The normalized spacial score (nSPS) is 43.6. The molecule has 0 radical (unpaired) electrons. The molecule has 2 fully saturated rings. The van der Waals surface area contributed by atoms with E-state index in [1.807, 2.05) is 0 Å². The molecule has 2 atom stereocenters. The summed E-state index contributed by atoms with van der Waals surface area (Å²) in [5.74, 6) is 1.86. The van der Waals surface area contributed by atoms with E-state index in [0.717, 1.165) is 29.2 Å². The minimum absolute atomic E-state index is 0.810. The lowest BCUT2D eigenvalue weighted by Crippen LogP contribution is -2.44. The van der Waals surface area contributed by atoms with Crippen molar-refractivity contribution < 1.29 is 0 Å². The summed E-state index contributed by atoms with van der Waals surface area (Å²) in [6.45, 7) is 4.85. The Bertz CT molecular complexity index is 213. The molecule has 0 aromatic carbocycles. The lowest BCUT2D eigenvalue weighted by molar-refractivity contribution is 0.212. The first kappa shape index (κ1) is 13.7. The fraction of sp³-hybridized carbons (Fsp3) is 1.00. The molecule has 0 heterocycles. The summed E-state index contributed by atoms with van der Waals surface area (Å²) in [5.41, 5.74) is 0. The number of thioether (sulfide) groups is 1. The zero-order valence-corrected chi connectivity index (χ0v) is 12.6. The third kappa shape index (κ3) is 4.17. The molecule has 2 unspecified atom stereocenters. The molecular formula is C15H29NS. The van der Waals surface area contributed by atoms with Crippen molar-refractivity contribution in [1.29, 1.82) is 0 Å². The second-order valence-electron chi connectivity index (χ2n) is 6.49. The van der Waals surface area contributed by atoms with Crippen LogP contribution in [0.15, 0.2) is 0 Å². The van der Waals surface area contributed by atoms with Crippen LogP contribution in [0.4, 0.5) is 0 Å². The van der Waals surface area contributed by atoms with Crippen molar-refractivity contribution in [2.45, 2.75) is 76.1 Å². The fourth-order valence-corrected chi connectivity index (χ4v) is 4.63. The van der Waals surface area contributed by atoms with E-state index >= 15 is 0 Å². The van der Waals surface area contributed by atoms with E-state index in [-0.39, 0.29) is 0 Å². The van der Waals surface area contributed by atoms with E-state index in [2.05, 4.69) is 37.2 Å². The topological polar surface area (TPSA) is 12.0 Å². The van der Waals surface area contributed by atoms with Crippen molar-refractivity contribution in [2.24, 2.45) is 11.8 Å². The molecule has 0 aromatic rings. The molecule has 100 valence electrons. The molecule has 0 aliphatic heterocycles. The Balaban J connectivity index is 1.74. The molecular weight excluding hydrogens is 226 g/mol. The minimum Gasteiger partial charge on any atom is -0.311 e. The van der Waals surface area contributed by atoms with E-state index in [9.17, 15) is 0 Å². The van der Waals surface area contributed by atoms with Gasteiger partial charge in [-0.3, -0.25) is 0 Å². The smallest absolute Gasteiger partial charge is 0.00747 e. The Morgan fingerprint density at radius 1 is 0.824 bits per heavy atom. The highest BCUT2D eigenvalue weighted by Crippen LogP contribution is 2.31. The highest BCUT2D eigenvalue weighted by molar-refractivity contribution is 7.99. The van der Waals surface area contributed by atoms with Crippen LogP contribution in [0.3, 0.4) is 0 Å². The minimum atomic E-state index is 0.810. The molecule has 17 heavy (non-hydrogen) atoms. The monoisotopic (exact) mass is 255 g/mol. The maximum Gasteiger partial charge on any atom is 0.00747 e. The molecule has 0 saturated heterocycles. The van der Waals surface area contributed by atoms with Crippen molar-refractivity contribution >= 4 is 11.8 Å². The van der Waals surface area contributed by atoms with Crippen LogP contribution in [0, 0.1) is 11.8 Å². The van der Waals surface area contributed by atoms with E-state index in [1.54, 1.807) is 0 Å². The van der Waals surface area contributed by atoms with Crippen molar-refractivity contribution in [3.63, 3.8) is 0 Å². The van der Waals surface area contributed by atoms with Gasteiger partial charge in [0, 0.05) is 17.3 Å². The number of hydrogen-bond donors (Lipinski definition) is 1. The van der Waals surface area contributed by atoms with Crippen LogP contribution < -0.4 is 5.32 Å². The van der Waals surface area contributed by atoms with Crippen LogP contribution in [0.1, 0.15) is 58.8 Å². The summed E-state index contributed by atoms with van der Waals surface area (Å²) < 4.78 is 0. The molecule has 1 N–H and O–H groups in total. The van der Waals surface area contributed by atoms with Gasteiger partial charge in [0.15, 0.2) is 0 Å². The van der Waals surface area contributed by atoms with Gasteiger partial charge in [-0.1, -0.05) is 13.8 Å². The molecule has 2 saturated carbocycles. The van der Waals surface area contributed by atoms with Crippen molar-refractivity contribution in [2.75, 3.05) is 6.26 Å². The Kier molecular flexibility index (Phi) is 5.23. The van der Waals surface area contributed by atoms with Gasteiger partial charge >= 0.3 is 0 Å². The molecule has 0 amide bonds. The average molecular weight is 255 g/mol. The third-order valence-corrected chi connectivity index (χ3v) is 5.80. The second-order valence-corrected chi connectivity index (χ2v) is 7.63. The first-order chi connectivity index (χ1) is 8.17.